The lowest BCUT2D eigenvalue weighted by Crippen LogP contribution is -2.51. The van der Waals surface area contributed by atoms with E-state index in [0.717, 1.165) is 5.56 Å². The van der Waals surface area contributed by atoms with E-state index in [1.165, 1.54) is 0 Å². The Morgan fingerprint density at radius 3 is 2.62 bits per heavy atom. The van der Waals surface area contributed by atoms with Crippen LogP contribution in [0.3, 0.4) is 0 Å². The van der Waals surface area contributed by atoms with E-state index in [9.17, 15) is 9.59 Å². The molecule has 3 heteroatoms. The molecule has 0 aromatic heterocycles. The van der Waals surface area contributed by atoms with E-state index in [1.54, 1.807) is 12.1 Å². The fourth-order valence-corrected chi connectivity index (χ4v) is 2.27. The smallest absolute Gasteiger partial charge is 0.237 e. The third kappa shape index (κ3) is 1.62. The first kappa shape index (κ1) is 10.9. The summed E-state index contributed by atoms with van der Waals surface area (Å²) in [6.07, 6.45) is 1.71. The fourth-order valence-electron chi connectivity index (χ4n) is 2.27. The van der Waals surface area contributed by atoms with E-state index in [-0.39, 0.29) is 11.8 Å². The van der Waals surface area contributed by atoms with Crippen molar-refractivity contribution in [2.24, 2.45) is 0 Å². The molecule has 1 saturated heterocycles. The highest BCUT2D eigenvalue weighted by Crippen LogP contribution is 2.35. The minimum atomic E-state index is -0.539. The maximum atomic E-state index is 12.0. The molecule has 1 radical (unpaired) electrons. The van der Waals surface area contributed by atoms with E-state index >= 15 is 0 Å². The molecule has 3 nitrogen and oxygen atoms in total. The number of nitrogens with one attached hydrogen (secondary N) is 1. The Morgan fingerprint density at radius 1 is 1.38 bits per heavy atom. The van der Waals surface area contributed by atoms with E-state index < -0.39 is 5.41 Å². The summed E-state index contributed by atoms with van der Waals surface area (Å²) in [5.74, 6) is -0.339. The van der Waals surface area contributed by atoms with Crippen LogP contribution in [0.4, 0.5) is 0 Å². The lowest BCUT2D eigenvalue weighted by Gasteiger charge is -2.34. The van der Waals surface area contributed by atoms with Crippen molar-refractivity contribution in [1.82, 2.24) is 5.32 Å². The second kappa shape index (κ2) is 4.08. The topological polar surface area (TPSA) is 46.2 Å². The molecule has 2 amide bonds. The van der Waals surface area contributed by atoms with Gasteiger partial charge in [0.25, 0.3) is 0 Å². The van der Waals surface area contributed by atoms with Crippen molar-refractivity contribution in [3.05, 3.63) is 35.9 Å². The minimum absolute atomic E-state index is 0.169. The maximum absolute atomic E-state index is 12.0. The summed E-state index contributed by atoms with van der Waals surface area (Å²) in [6.45, 7) is 1.98. The predicted octanol–water partition coefficient (Wildman–Crippen LogP) is 1.57. The first-order valence-electron chi connectivity index (χ1n) is 5.50. The first-order chi connectivity index (χ1) is 7.69. The molecular weight excluding hydrogens is 202 g/mol. The largest absolute Gasteiger partial charge is 0.296 e. The molecule has 1 aliphatic heterocycles. The van der Waals surface area contributed by atoms with Gasteiger partial charge in [-0.25, -0.2) is 0 Å². The fraction of sp³-hybridized carbons (Fsp3) is 0.385. The second-order valence-corrected chi connectivity index (χ2v) is 4.10. The highest BCUT2D eigenvalue weighted by Gasteiger charge is 2.42. The highest BCUT2D eigenvalue weighted by molar-refractivity contribution is 6.03. The number of amides is 2. The second-order valence-electron chi connectivity index (χ2n) is 4.10. The Kier molecular flexibility index (Phi) is 2.77. The zero-order valence-corrected chi connectivity index (χ0v) is 9.25. The van der Waals surface area contributed by atoms with Gasteiger partial charge in [-0.2, -0.15) is 0 Å². The summed E-state index contributed by atoms with van der Waals surface area (Å²) >= 11 is 0. The molecule has 0 bridgehead atoms. The van der Waals surface area contributed by atoms with Crippen LogP contribution in [0.2, 0.25) is 0 Å². The van der Waals surface area contributed by atoms with Crippen molar-refractivity contribution >= 4 is 11.8 Å². The van der Waals surface area contributed by atoms with Crippen molar-refractivity contribution in [2.45, 2.75) is 31.6 Å². The monoisotopic (exact) mass is 216 g/mol. The Balaban J connectivity index is 2.40. The molecular formula is C13H14NO2. The average Bonchev–Trinajstić information content (AvgIpc) is 2.31. The van der Waals surface area contributed by atoms with Gasteiger partial charge in [-0.15, -0.1) is 0 Å². The van der Waals surface area contributed by atoms with Crippen LogP contribution in [-0.2, 0) is 15.0 Å². The van der Waals surface area contributed by atoms with Gasteiger partial charge in [-0.1, -0.05) is 31.2 Å². The van der Waals surface area contributed by atoms with E-state index in [0.29, 0.717) is 19.3 Å². The number of carbonyl (C=O) groups excluding carboxylic acids is 2. The molecule has 0 aliphatic carbocycles. The number of piperidine rings is 1. The van der Waals surface area contributed by atoms with Crippen LogP contribution in [0.15, 0.2) is 24.3 Å². The Bertz CT molecular complexity index is 413. The quantitative estimate of drug-likeness (QED) is 0.763. The molecule has 1 fully saturated rings. The summed E-state index contributed by atoms with van der Waals surface area (Å²) in [6, 6.07) is 10.3. The van der Waals surface area contributed by atoms with E-state index in [2.05, 4.69) is 11.4 Å². The first-order valence-corrected chi connectivity index (χ1v) is 5.50. The lowest BCUT2D eigenvalue weighted by atomic mass is 9.72. The lowest BCUT2D eigenvalue weighted by molar-refractivity contribution is -0.138. The molecule has 1 atom stereocenters. The normalized spacial score (nSPS) is 25.3. The third-order valence-electron chi connectivity index (χ3n) is 3.34. The van der Waals surface area contributed by atoms with Gasteiger partial charge in [-0.05, 0) is 24.5 Å². The molecule has 0 saturated carbocycles. The van der Waals surface area contributed by atoms with Gasteiger partial charge in [0.1, 0.15) is 0 Å². The Hall–Kier alpha value is -1.64. The van der Waals surface area contributed by atoms with Crippen molar-refractivity contribution in [3.8, 4) is 0 Å². The van der Waals surface area contributed by atoms with Crippen LogP contribution in [0.1, 0.15) is 31.7 Å². The maximum Gasteiger partial charge on any atom is 0.237 e. The zero-order valence-electron chi connectivity index (χ0n) is 9.25. The zero-order chi connectivity index (χ0) is 11.6. The third-order valence-corrected chi connectivity index (χ3v) is 3.34. The number of carbonyl (C=O) groups is 2. The number of rotatable bonds is 2. The Labute approximate surface area is 94.9 Å². The molecule has 1 heterocycles. The van der Waals surface area contributed by atoms with Gasteiger partial charge >= 0.3 is 0 Å². The van der Waals surface area contributed by atoms with Gasteiger partial charge in [-0.3, -0.25) is 14.9 Å². The molecule has 83 valence electrons. The standard InChI is InChI=1S/C13H14NO2/c1-2-13(10-6-4-3-5-7-10)9-8-11(15)14-12(13)16/h4-7H,2,8-9H2,1H3,(H,14,15,16). The number of imide groups is 1. The van der Waals surface area contributed by atoms with Crippen LogP contribution >= 0.6 is 0 Å². The summed E-state index contributed by atoms with van der Waals surface area (Å²) in [7, 11) is 0. The van der Waals surface area contributed by atoms with Crippen molar-refractivity contribution in [3.63, 3.8) is 0 Å². The number of benzene rings is 1. The Morgan fingerprint density at radius 2 is 2.06 bits per heavy atom. The summed E-state index contributed by atoms with van der Waals surface area (Å²) in [5.41, 5.74) is 0.432. The van der Waals surface area contributed by atoms with E-state index in [4.69, 9.17) is 0 Å². The van der Waals surface area contributed by atoms with Gasteiger partial charge in [0.15, 0.2) is 0 Å². The molecule has 2 rings (SSSR count). The summed E-state index contributed by atoms with van der Waals surface area (Å²) in [5, 5.41) is 2.43. The molecule has 1 unspecified atom stereocenters. The van der Waals surface area contributed by atoms with Gasteiger partial charge in [0.05, 0.1) is 5.41 Å². The van der Waals surface area contributed by atoms with Gasteiger partial charge in [0.2, 0.25) is 11.8 Å². The molecule has 1 aromatic carbocycles. The van der Waals surface area contributed by atoms with Crippen molar-refractivity contribution in [1.29, 1.82) is 0 Å². The average molecular weight is 216 g/mol. The predicted molar refractivity (Wildman–Crippen MR) is 59.6 cm³/mol. The number of hydrogen-bond donors (Lipinski definition) is 1. The molecule has 0 spiro atoms. The highest BCUT2D eigenvalue weighted by atomic mass is 16.2. The van der Waals surface area contributed by atoms with Crippen LogP contribution in [0, 0.1) is 6.07 Å². The van der Waals surface area contributed by atoms with Crippen molar-refractivity contribution in [2.75, 3.05) is 0 Å². The molecule has 1 N–H and O–H groups in total. The van der Waals surface area contributed by atoms with Crippen LogP contribution in [0.25, 0.3) is 0 Å². The minimum Gasteiger partial charge on any atom is -0.296 e. The molecule has 1 aliphatic rings. The SMILES string of the molecule is CCC1(c2cc[c]cc2)CCC(=O)NC1=O. The summed E-state index contributed by atoms with van der Waals surface area (Å²) < 4.78 is 0. The summed E-state index contributed by atoms with van der Waals surface area (Å²) in [4.78, 5) is 23.2. The number of hydrogen-bond acceptors (Lipinski definition) is 2. The van der Waals surface area contributed by atoms with Gasteiger partial charge < -0.3 is 0 Å². The van der Waals surface area contributed by atoms with Crippen molar-refractivity contribution < 1.29 is 9.59 Å². The van der Waals surface area contributed by atoms with Gasteiger partial charge in [0, 0.05) is 6.42 Å². The molecule has 16 heavy (non-hydrogen) atoms. The molecule has 1 aromatic rings. The van der Waals surface area contributed by atoms with Crippen LogP contribution in [0.5, 0.6) is 0 Å². The van der Waals surface area contributed by atoms with Crippen LogP contribution < -0.4 is 5.32 Å². The van der Waals surface area contributed by atoms with E-state index in [1.807, 2.05) is 19.1 Å². The van der Waals surface area contributed by atoms with Crippen LogP contribution in [-0.4, -0.2) is 11.8 Å².